The molecule has 18 nitrogen and oxygen atoms in total. The summed E-state index contributed by atoms with van der Waals surface area (Å²) in [4.78, 5) is 70.1. The number of rotatable bonds is 12. The minimum atomic E-state index is -0.464. The predicted octanol–water partition coefficient (Wildman–Crippen LogP) is -1.54. The van der Waals surface area contributed by atoms with Crippen LogP contribution in [0.3, 0.4) is 0 Å². The Morgan fingerprint density at radius 1 is 0.741 bits per heavy atom. The van der Waals surface area contributed by atoms with E-state index in [1.165, 1.54) is 20.5 Å². The summed E-state index contributed by atoms with van der Waals surface area (Å²) in [5.74, 6) is 0. The van der Waals surface area contributed by atoms with E-state index in [2.05, 4.69) is 35.9 Å². The van der Waals surface area contributed by atoms with Crippen LogP contribution in [0.4, 0.5) is 0 Å². The van der Waals surface area contributed by atoms with Crippen molar-refractivity contribution in [2.45, 2.75) is 66.7 Å². The number of aromatic nitrogens is 10. The summed E-state index contributed by atoms with van der Waals surface area (Å²) in [6, 6.07) is 0.280. The van der Waals surface area contributed by atoms with Gasteiger partial charge in [-0.2, -0.15) is 4.98 Å². The third-order valence-corrected chi connectivity index (χ3v) is 10.1. The Labute approximate surface area is 348 Å². The van der Waals surface area contributed by atoms with E-state index in [0.717, 1.165) is 28.9 Å². The van der Waals surface area contributed by atoms with Crippen molar-refractivity contribution in [2.75, 3.05) is 26.4 Å². The van der Waals surface area contributed by atoms with Gasteiger partial charge in [-0.15, -0.1) is 22.7 Å². The van der Waals surface area contributed by atoms with E-state index in [1.54, 1.807) is 53.9 Å². The van der Waals surface area contributed by atoms with Gasteiger partial charge in [0.05, 0.1) is 19.7 Å². The quantitative estimate of drug-likeness (QED) is 0.0943. The van der Waals surface area contributed by atoms with Gasteiger partial charge in [-0.3, -0.25) is 32.4 Å². The van der Waals surface area contributed by atoms with Gasteiger partial charge in [0, 0.05) is 69.2 Å². The molecule has 6 aromatic heterocycles. The van der Waals surface area contributed by atoms with Gasteiger partial charge in [0.25, 0.3) is 17.1 Å². The number of hydrogen-bond donors (Lipinski definition) is 3. The molecule has 290 valence electrons. The first-order chi connectivity index (χ1) is 25.3. The molecule has 0 unspecified atom stereocenters. The average molecular weight is 864 g/mol. The second-order valence-corrected chi connectivity index (χ2v) is 14.9. The summed E-state index contributed by atoms with van der Waals surface area (Å²) in [6.07, 6.45) is 4.21. The van der Waals surface area contributed by atoms with Crippen molar-refractivity contribution in [3.63, 3.8) is 0 Å². The number of aliphatic hydroxyl groups is 3. The van der Waals surface area contributed by atoms with Crippen LogP contribution in [0.5, 0.6) is 6.01 Å². The van der Waals surface area contributed by atoms with Crippen molar-refractivity contribution in [1.29, 1.82) is 0 Å². The van der Waals surface area contributed by atoms with Crippen molar-refractivity contribution in [3.8, 4) is 6.01 Å². The summed E-state index contributed by atoms with van der Waals surface area (Å²) in [5, 5.41) is 27.3. The van der Waals surface area contributed by atoms with E-state index in [-0.39, 0.29) is 75.6 Å². The molecule has 0 aliphatic carbocycles. The number of aryl methyl sites for hydroxylation is 4. The number of aliphatic hydroxyl groups excluding tert-OH is 3. The van der Waals surface area contributed by atoms with Crippen LogP contribution in [0.2, 0.25) is 0 Å². The van der Waals surface area contributed by atoms with Gasteiger partial charge in [0.2, 0.25) is 0 Å². The fourth-order valence-electron chi connectivity index (χ4n) is 5.30. The van der Waals surface area contributed by atoms with Gasteiger partial charge in [0.15, 0.2) is 27.1 Å². The van der Waals surface area contributed by atoms with Crippen LogP contribution in [0.15, 0.2) is 36.3 Å². The van der Waals surface area contributed by atoms with E-state index in [1.807, 2.05) is 20.8 Å². The third kappa shape index (κ3) is 9.93. The molecule has 0 aliphatic rings. The maximum absolute atomic E-state index is 13.0. The monoisotopic (exact) mass is 862 g/mol. The SMILES string of the molecule is CCO.CCOc1nc2c(c(=O)n(CCCO)c(=O)n2C)n1Cc1ncc(C)s1.Cc1cnc(Cn2c(Br)nc3c2c(=O)n(CCCO)c(=O)n3C)s1.[H-].[Na+]. The first kappa shape index (κ1) is 45.1. The van der Waals surface area contributed by atoms with E-state index in [4.69, 9.17) is 20.1 Å². The molecule has 22 heteroatoms. The first-order valence-electron chi connectivity index (χ1n) is 16.7. The Hall–Kier alpha value is -3.28. The van der Waals surface area contributed by atoms with Crippen LogP contribution < -0.4 is 56.8 Å². The van der Waals surface area contributed by atoms with Crippen molar-refractivity contribution in [3.05, 3.63) is 78.6 Å². The van der Waals surface area contributed by atoms with Crippen molar-refractivity contribution >= 4 is 60.9 Å². The molecule has 54 heavy (non-hydrogen) atoms. The molecule has 0 amide bonds. The second kappa shape index (κ2) is 20.6. The zero-order chi connectivity index (χ0) is 39.0. The van der Waals surface area contributed by atoms with Crippen LogP contribution in [0.25, 0.3) is 22.3 Å². The third-order valence-electron chi connectivity index (χ3n) is 7.66. The fourth-order valence-corrected chi connectivity index (χ4v) is 7.32. The fraction of sp³-hybridized carbons (Fsp3) is 0.500. The average Bonchev–Trinajstić information content (AvgIpc) is 3.90. The van der Waals surface area contributed by atoms with Gasteiger partial charge in [-0.05, 0) is 56.5 Å². The minimum absolute atomic E-state index is 0. The summed E-state index contributed by atoms with van der Waals surface area (Å²) in [5.41, 5.74) is -0.522. The van der Waals surface area contributed by atoms with Gasteiger partial charge in [0.1, 0.15) is 10.0 Å². The first-order valence-corrected chi connectivity index (χ1v) is 19.1. The van der Waals surface area contributed by atoms with Crippen molar-refractivity contribution < 1.29 is 51.0 Å². The van der Waals surface area contributed by atoms with E-state index in [9.17, 15) is 19.2 Å². The van der Waals surface area contributed by atoms with Gasteiger partial charge in [-0.1, -0.05) is 0 Å². The molecule has 6 rings (SSSR count). The molecule has 0 spiro atoms. The van der Waals surface area contributed by atoms with E-state index in [0.29, 0.717) is 54.0 Å². The van der Waals surface area contributed by atoms with Gasteiger partial charge >= 0.3 is 40.9 Å². The summed E-state index contributed by atoms with van der Waals surface area (Å²) >= 11 is 6.44. The number of thiazole rings is 2. The van der Waals surface area contributed by atoms with Gasteiger partial charge < -0.3 is 26.1 Å². The summed E-state index contributed by atoms with van der Waals surface area (Å²) in [6.45, 7) is 8.91. The summed E-state index contributed by atoms with van der Waals surface area (Å²) in [7, 11) is 3.15. The maximum atomic E-state index is 13.0. The molecule has 6 heterocycles. The second-order valence-electron chi connectivity index (χ2n) is 11.5. The largest absolute Gasteiger partial charge is 1.00 e. The molecule has 0 radical (unpaired) electrons. The molecular weight excluding hydrogens is 819 g/mol. The smallest absolute Gasteiger partial charge is 1.00 e. The zero-order valence-corrected chi connectivity index (χ0v) is 36.5. The molecule has 6 aromatic rings. The molecule has 0 saturated heterocycles. The number of ether oxygens (including phenoxy) is 1. The van der Waals surface area contributed by atoms with Crippen LogP contribution >= 0.6 is 38.6 Å². The predicted molar refractivity (Wildman–Crippen MR) is 207 cm³/mol. The molecule has 3 N–H and O–H groups in total. The van der Waals surface area contributed by atoms with Crippen molar-refractivity contribution in [2.24, 2.45) is 14.1 Å². The molecule has 0 fully saturated rings. The maximum Gasteiger partial charge on any atom is 1.00 e. The molecule has 0 aromatic carbocycles. The molecular formula is C32H44BrN10NaO8S2. The van der Waals surface area contributed by atoms with Crippen LogP contribution in [-0.4, -0.2) is 89.1 Å². The zero-order valence-electron chi connectivity index (χ0n) is 32.3. The van der Waals surface area contributed by atoms with Crippen LogP contribution in [0.1, 0.15) is 47.9 Å². The normalized spacial score (nSPS) is 10.9. The molecule has 0 saturated carbocycles. The van der Waals surface area contributed by atoms with Crippen LogP contribution in [0, 0.1) is 13.8 Å². The molecule has 0 atom stereocenters. The standard InChI is InChI=1S/C16H21N5O4S.C14H16BrN5O3S.C2H6O.Na.H/c1-4-25-15-18-13-12(21(15)9-11-17-8-10(2)26-11)14(23)20(6-5-7-22)16(24)19(13)3;1-8-6-16-9(24-8)7-20-10-11(17-13(20)15)18(2)14(23)19(12(10)22)4-3-5-21;1-2-3;;/h8,22H,4-7,9H2,1-3H3;6,21H,3-5,7H2,1-2H3;3H,2H2,1H3;;/q;;;+1;-1. The van der Waals surface area contributed by atoms with E-state index >= 15 is 0 Å². The Bertz CT molecular complexity index is 2430. The van der Waals surface area contributed by atoms with Crippen molar-refractivity contribution in [1.82, 2.24) is 47.3 Å². The van der Waals surface area contributed by atoms with Gasteiger partial charge in [-0.25, -0.2) is 24.5 Å². The number of imidazole rings is 2. The number of fused-ring (bicyclic) bond motifs is 2. The van der Waals surface area contributed by atoms with Crippen LogP contribution in [-0.2, 0) is 40.3 Å². The topological polar surface area (TPSA) is 219 Å². The van der Waals surface area contributed by atoms with E-state index < -0.39 is 22.5 Å². The molecule has 0 bridgehead atoms. The number of halogens is 1. The number of nitrogens with zero attached hydrogens (tertiary/aromatic N) is 10. The Kier molecular flexibility index (Phi) is 17.2. The Morgan fingerprint density at radius 2 is 1.17 bits per heavy atom. The summed E-state index contributed by atoms with van der Waals surface area (Å²) < 4.78 is 14.4. The molecule has 0 aliphatic heterocycles. The number of hydrogen-bond acceptors (Lipinski definition) is 14. The minimum Gasteiger partial charge on any atom is -1.00 e. The Morgan fingerprint density at radius 3 is 1.57 bits per heavy atom. The Balaban J connectivity index is 0.000000344.